The van der Waals surface area contributed by atoms with Gasteiger partial charge in [0.05, 0.1) is 11.4 Å². The number of amides is 1. The van der Waals surface area contributed by atoms with Gasteiger partial charge in [-0.15, -0.1) is 0 Å². The maximum absolute atomic E-state index is 12.4. The number of nitrogens with zero attached hydrogens (tertiary/aromatic N) is 1. The van der Waals surface area contributed by atoms with Gasteiger partial charge in [-0.05, 0) is 72.8 Å². The van der Waals surface area contributed by atoms with Crippen LogP contribution in [0.25, 0.3) is 0 Å². The molecule has 0 aliphatic carbocycles. The molecule has 3 aromatic carbocycles. The van der Waals surface area contributed by atoms with Gasteiger partial charge in [0.1, 0.15) is 5.75 Å². The third kappa shape index (κ3) is 3.93. The summed E-state index contributed by atoms with van der Waals surface area (Å²) < 4.78 is 2.32. The van der Waals surface area contributed by atoms with Crippen LogP contribution in [0.15, 0.2) is 77.7 Å². The number of hydrogen-bond acceptors (Lipinski definition) is 4. The zero-order valence-electron chi connectivity index (χ0n) is 14.8. The predicted octanol–water partition coefficient (Wildman–Crippen LogP) is 5.10. The number of phenols is 1. The molecular weight excluding hydrogens is 356 g/mol. The highest BCUT2D eigenvalue weighted by Gasteiger charge is 2.17. The monoisotopic (exact) mass is 376 g/mol. The first-order valence-electron chi connectivity index (χ1n) is 8.93. The molecule has 5 heteroatoms. The number of aromatic hydroxyl groups is 1. The van der Waals surface area contributed by atoms with E-state index in [9.17, 15) is 9.90 Å². The van der Waals surface area contributed by atoms with E-state index in [2.05, 4.69) is 33.9 Å². The molecule has 27 heavy (non-hydrogen) atoms. The number of nitrogens with one attached hydrogen (secondary N) is 1. The summed E-state index contributed by atoms with van der Waals surface area (Å²) in [5.74, 6) is -0.182. The van der Waals surface area contributed by atoms with Crippen molar-refractivity contribution < 1.29 is 9.90 Å². The first-order valence-corrected chi connectivity index (χ1v) is 9.71. The quantitative estimate of drug-likeness (QED) is 0.491. The van der Waals surface area contributed by atoms with Crippen LogP contribution in [0, 0.1) is 0 Å². The lowest BCUT2D eigenvalue weighted by Crippen LogP contribution is -2.22. The topological polar surface area (TPSA) is 52.6 Å². The van der Waals surface area contributed by atoms with Crippen molar-refractivity contribution in [2.75, 3.05) is 16.2 Å². The van der Waals surface area contributed by atoms with E-state index in [1.54, 1.807) is 36.2 Å². The third-order valence-electron chi connectivity index (χ3n) is 4.55. The highest BCUT2D eigenvalue weighted by molar-refractivity contribution is 8.00. The Labute approximate surface area is 163 Å². The molecule has 3 aromatic rings. The van der Waals surface area contributed by atoms with Crippen molar-refractivity contribution in [3.05, 3.63) is 83.9 Å². The number of para-hydroxylation sites is 3. The van der Waals surface area contributed by atoms with Crippen LogP contribution in [-0.4, -0.2) is 17.6 Å². The number of hydrogen-bond donors (Lipinski definition) is 2. The number of carbonyl (C=O) groups excluding carboxylic acids is 1. The molecule has 0 radical (unpaired) electrons. The lowest BCUT2D eigenvalue weighted by atomic mass is 10.0. The molecule has 0 atom stereocenters. The maximum atomic E-state index is 12.4. The molecule has 0 fully saturated rings. The molecule has 2 N–H and O–H groups in total. The first kappa shape index (κ1) is 17.5. The number of carbonyl (C=O) groups is 1. The number of anilines is 2. The van der Waals surface area contributed by atoms with Gasteiger partial charge in [0.15, 0.2) is 0 Å². The van der Waals surface area contributed by atoms with Gasteiger partial charge in [-0.3, -0.25) is 4.79 Å². The number of benzene rings is 3. The Bertz CT molecular complexity index is 957. The largest absolute Gasteiger partial charge is 0.506 e. The Morgan fingerprint density at radius 1 is 0.963 bits per heavy atom. The van der Waals surface area contributed by atoms with E-state index in [0.29, 0.717) is 11.3 Å². The van der Waals surface area contributed by atoms with Crippen LogP contribution in [0.2, 0.25) is 0 Å². The molecule has 1 aliphatic rings. The standard InChI is InChI=1S/C22H20N2O2S/c25-21-10-4-2-8-19(21)23-22(26)17-11-13-18(14-12-17)27-24-15-5-7-16-6-1-3-9-20(16)24/h1-4,6,8-14,25H,5,7,15H2,(H,23,26). The Morgan fingerprint density at radius 2 is 1.70 bits per heavy atom. The summed E-state index contributed by atoms with van der Waals surface area (Å²) in [6.07, 6.45) is 2.27. The third-order valence-corrected chi connectivity index (χ3v) is 5.63. The molecule has 1 aliphatic heterocycles. The van der Waals surface area contributed by atoms with Gasteiger partial charge in [-0.25, -0.2) is 0 Å². The van der Waals surface area contributed by atoms with Crippen molar-refractivity contribution in [1.82, 2.24) is 0 Å². The minimum absolute atomic E-state index is 0.0572. The van der Waals surface area contributed by atoms with Crippen LogP contribution < -0.4 is 9.62 Å². The molecule has 0 saturated carbocycles. The van der Waals surface area contributed by atoms with Crippen molar-refractivity contribution in [3.8, 4) is 5.75 Å². The minimum atomic E-state index is -0.239. The average Bonchev–Trinajstić information content (AvgIpc) is 2.70. The molecule has 4 rings (SSSR count). The fourth-order valence-electron chi connectivity index (χ4n) is 3.16. The molecule has 0 aromatic heterocycles. The Hall–Kier alpha value is -2.92. The number of phenolic OH excluding ortho intramolecular Hbond substituents is 1. The summed E-state index contributed by atoms with van der Waals surface area (Å²) in [6, 6.07) is 22.8. The molecule has 0 bridgehead atoms. The van der Waals surface area contributed by atoms with Crippen molar-refractivity contribution >= 4 is 29.2 Å². The molecule has 4 nitrogen and oxygen atoms in total. The van der Waals surface area contributed by atoms with E-state index >= 15 is 0 Å². The molecule has 1 amide bonds. The molecular formula is C22H20N2O2S. The lowest BCUT2D eigenvalue weighted by Gasteiger charge is -2.29. The van der Waals surface area contributed by atoms with Crippen molar-refractivity contribution in [2.45, 2.75) is 17.7 Å². The summed E-state index contributed by atoms with van der Waals surface area (Å²) >= 11 is 1.70. The van der Waals surface area contributed by atoms with Crippen LogP contribution in [0.1, 0.15) is 22.3 Å². The van der Waals surface area contributed by atoms with E-state index in [0.717, 1.165) is 24.3 Å². The van der Waals surface area contributed by atoms with Crippen molar-refractivity contribution in [1.29, 1.82) is 0 Å². The lowest BCUT2D eigenvalue weighted by molar-refractivity contribution is 0.102. The van der Waals surface area contributed by atoms with Crippen LogP contribution in [0.3, 0.4) is 0 Å². The second kappa shape index (κ2) is 7.76. The molecule has 0 spiro atoms. The highest BCUT2D eigenvalue weighted by atomic mass is 32.2. The number of rotatable bonds is 4. The van der Waals surface area contributed by atoms with Crippen molar-refractivity contribution in [2.24, 2.45) is 0 Å². The van der Waals surface area contributed by atoms with E-state index in [-0.39, 0.29) is 11.7 Å². The fourth-order valence-corrected chi connectivity index (χ4v) is 4.17. The molecule has 0 saturated heterocycles. The highest BCUT2D eigenvalue weighted by Crippen LogP contribution is 2.35. The van der Waals surface area contributed by atoms with E-state index in [1.807, 2.05) is 24.3 Å². The van der Waals surface area contributed by atoms with Gasteiger partial charge in [0, 0.05) is 17.0 Å². The molecule has 1 heterocycles. The smallest absolute Gasteiger partial charge is 0.255 e. The minimum Gasteiger partial charge on any atom is -0.506 e. The van der Waals surface area contributed by atoms with Gasteiger partial charge >= 0.3 is 0 Å². The second-order valence-electron chi connectivity index (χ2n) is 6.42. The van der Waals surface area contributed by atoms with Gasteiger partial charge < -0.3 is 14.7 Å². The first-order chi connectivity index (χ1) is 13.2. The van der Waals surface area contributed by atoms with E-state index < -0.39 is 0 Å². The van der Waals surface area contributed by atoms with Gasteiger partial charge in [0.2, 0.25) is 0 Å². The van der Waals surface area contributed by atoms with Crippen molar-refractivity contribution in [3.63, 3.8) is 0 Å². The molecule has 136 valence electrons. The maximum Gasteiger partial charge on any atom is 0.255 e. The van der Waals surface area contributed by atoms with Crippen LogP contribution in [0.4, 0.5) is 11.4 Å². The van der Waals surface area contributed by atoms with E-state index in [1.165, 1.54) is 11.3 Å². The average molecular weight is 376 g/mol. The Balaban J connectivity index is 1.45. The zero-order chi connectivity index (χ0) is 18.6. The zero-order valence-corrected chi connectivity index (χ0v) is 15.6. The van der Waals surface area contributed by atoms with Crippen LogP contribution >= 0.6 is 11.9 Å². The second-order valence-corrected chi connectivity index (χ2v) is 7.52. The predicted molar refractivity (Wildman–Crippen MR) is 110 cm³/mol. The summed E-state index contributed by atoms with van der Waals surface area (Å²) in [5, 5.41) is 12.5. The Morgan fingerprint density at radius 3 is 2.52 bits per heavy atom. The fraction of sp³-hybridized carbons (Fsp3) is 0.136. The summed E-state index contributed by atoms with van der Waals surface area (Å²) in [5.41, 5.74) is 3.62. The SMILES string of the molecule is O=C(Nc1ccccc1O)c1ccc(SN2CCCc3ccccc32)cc1. The normalized spacial score (nSPS) is 13.1. The van der Waals surface area contributed by atoms with Crippen LogP contribution in [0.5, 0.6) is 5.75 Å². The Kier molecular flexibility index (Phi) is 5.03. The number of aryl methyl sites for hydroxylation is 1. The van der Waals surface area contributed by atoms with E-state index in [4.69, 9.17) is 0 Å². The molecule has 0 unspecified atom stereocenters. The number of fused-ring (bicyclic) bond motifs is 1. The summed E-state index contributed by atoms with van der Waals surface area (Å²) in [7, 11) is 0. The summed E-state index contributed by atoms with van der Waals surface area (Å²) in [4.78, 5) is 13.5. The summed E-state index contributed by atoms with van der Waals surface area (Å²) in [6.45, 7) is 1.01. The van der Waals surface area contributed by atoms with Gasteiger partial charge in [0.25, 0.3) is 5.91 Å². The van der Waals surface area contributed by atoms with Gasteiger partial charge in [-0.1, -0.05) is 30.3 Å². The van der Waals surface area contributed by atoms with Crippen LogP contribution in [-0.2, 0) is 6.42 Å². The van der Waals surface area contributed by atoms with Gasteiger partial charge in [-0.2, -0.15) is 0 Å².